The Hall–Kier alpha value is -2.06. The summed E-state index contributed by atoms with van der Waals surface area (Å²) in [6.07, 6.45) is 1.32. The van der Waals surface area contributed by atoms with Gasteiger partial charge in [0.05, 0.1) is 30.5 Å². The number of amides is 1. The van der Waals surface area contributed by atoms with Crippen LogP contribution < -0.4 is 14.9 Å². The number of hydrazone groups is 1. The van der Waals surface area contributed by atoms with Gasteiger partial charge in [-0.2, -0.15) is 5.10 Å². The van der Waals surface area contributed by atoms with E-state index in [-0.39, 0.29) is 5.75 Å². The quantitative estimate of drug-likeness (QED) is 0.530. The number of ether oxygens (including phenoxy) is 2. The van der Waals surface area contributed by atoms with Crippen LogP contribution in [-0.2, 0) is 0 Å². The van der Waals surface area contributed by atoms with Crippen molar-refractivity contribution in [2.24, 2.45) is 5.10 Å². The second-order valence-electron chi connectivity index (χ2n) is 4.59. The van der Waals surface area contributed by atoms with Crippen molar-refractivity contribution in [2.75, 3.05) is 14.2 Å². The molecule has 2 aromatic rings. The Morgan fingerprint density at radius 2 is 1.96 bits per heavy atom. The largest absolute Gasteiger partial charge is 0.506 e. The number of carbonyl (C=O) groups is 1. The lowest BCUT2D eigenvalue weighted by Gasteiger charge is -2.08. The van der Waals surface area contributed by atoms with Crippen molar-refractivity contribution in [1.29, 1.82) is 0 Å². The van der Waals surface area contributed by atoms with Crippen molar-refractivity contribution >= 4 is 44.0 Å². The summed E-state index contributed by atoms with van der Waals surface area (Å²) in [6, 6.07) is 8.29. The molecule has 0 aromatic heterocycles. The molecule has 0 bridgehead atoms. The average molecular weight is 458 g/mol. The predicted octanol–water partition coefficient (Wildman–Crippen LogP) is 3.70. The summed E-state index contributed by atoms with van der Waals surface area (Å²) in [5.41, 5.74) is 3.12. The molecule has 0 fully saturated rings. The van der Waals surface area contributed by atoms with E-state index in [0.29, 0.717) is 27.1 Å². The number of methoxy groups -OCH3 is 2. The van der Waals surface area contributed by atoms with E-state index < -0.39 is 5.91 Å². The Kier molecular flexibility index (Phi) is 6.22. The number of nitrogens with one attached hydrogen (secondary N) is 1. The molecule has 0 unspecified atom stereocenters. The monoisotopic (exact) mass is 456 g/mol. The smallest absolute Gasteiger partial charge is 0.275 e. The summed E-state index contributed by atoms with van der Waals surface area (Å²) in [5, 5.41) is 13.9. The fraction of sp³-hybridized carbons (Fsp3) is 0.125. The van der Waals surface area contributed by atoms with Gasteiger partial charge < -0.3 is 14.6 Å². The Balaban J connectivity index is 2.19. The maximum atomic E-state index is 12.2. The van der Waals surface area contributed by atoms with Crippen molar-refractivity contribution in [3.63, 3.8) is 0 Å². The fourth-order valence-electron chi connectivity index (χ4n) is 1.89. The molecule has 6 nitrogen and oxygen atoms in total. The zero-order valence-electron chi connectivity index (χ0n) is 12.8. The van der Waals surface area contributed by atoms with Crippen LogP contribution >= 0.6 is 31.9 Å². The molecule has 0 saturated carbocycles. The zero-order valence-corrected chi connectivity index (χ0v) is 16.0. The standard InChI is InChI=1S/C16H14Br2N2O4/c1-23-11-5-9(15(21)13(18)7-11)8-19-20-16(22)12-6-10(17)3-4-14(12)24-2/h3-8,21H,1-2H3,(H,20,22)/b19-8-. The Bertz CT molecular complexity index is 794. The Labute approximate surface area is 155 Å². The van der Waals surface area contributed by atoms with E-state index >= 15 is 0 Å². The number of rotatable bonds is 5. The lowest BCUT2D eigenvalue weighted by atomic mass is 10.2. The first-order valence-corrected chi connectivity index (χ1v) is 8.28. The Morgan fingerprint density at radius 1 is 1.21 bits per heavy atom. The van der Waals surface area contributed by atoms with E-state index in [4.69, 9.17) is 9.47 Å². The van der Waals surface area contributed by atoms with Gasteiger partial charge in [0.15, 0.2) is 0 Å². The third-order valence-corrected chi connectivity index (χ3v) is 4.18. The van der Waals surface area contributed by atoms with Gasteiger partial charge in [-0.25, -0.2) is 5.43 Å². The molecule has 0 radical (unpaired) electrons. The zero-order chi connectivity index (χ0) is 17.7. The molecule has 126 valence electrons. The highest BCUT2D eigenvalue weighted by Crippen LogP contribution is 2.31. The van der Waals surface area contributed by atoms with Crippen LogP contribution in [0.5, 0.6) is 17.2 Å². The number of phenolic OH excluding ortho intramolecular Hbond substituents is 1. The minimum absolute atomic E-state index is 0.00571. The van der Waals surface area contributed by atoms with Crippen LogP contribution in [0.1, 0.15) is 15.9 Å². The molecule has 0 saturated heterocycles. The number of aromatic hydroxyl groups is 1. The van der Waals surface area contributed by atoms with Gasteiger partial charge in [0.2, 0.25) is 0 Å². The first-order valence-electron chi connectivity index (χ1n) is 6.69. The summed E-state index contributed by atoms with van der Waals surface area (Å²) in [7, 11) is 3.00. The van der Waals surface area contributed by atoms with E-state index in [0.717, 1.165) is 4.47 Å². The van der Waals surface area contributed by atoms with E-state index in [1.807, 2.05) is 0 Å². The third-order valence-electron chi connectivity index (χ3n) is 3.08. The van der Waals surface area contributed by atoms with Gasteiger partial charge in [-0.3, -0.25) is 4.79 Å². The lowest BCUT2D eigenvalue weighted by molar-refractivity contribution is 0.0952. The molecule has 0 spiro atoms. The molecule has 0 heterocycles. The van der Waals surface area contributed by atoms with Gasteiger partial charge in [0.25, 0.3) is 5.91 Å². The number of carbonyl (C=O) groups excluding carboxylic acids is 1. The molecule has 0 aliphatic carbocycles. The van der Waals surface area contributed by atoms with Crippen LogP contribution in [0.2, 0.25) is 0 Å². The van der Waals surface area contributed by atoms with E-state index in [2.05, 4.69) is 42.4 Å². The number of nitrogens with zero attached hydrogens (tertiary/aromatic N) is 1. The summed E-state index contributed by atoms with van der Waals surface area (Å²) >= 11 is 6.53. The molecule has 1 amide bonds. The molecule has 2 N–H and O–H groups in total. The number of hydrogen-bond acceptors (Lipinski definition) is 5. The van der Waals surface area contributed by atoms with Crippen molar-refractivity contribution in [2.45, 2.75) is 0 Å². The summed E-state index contributed by atoms with van der Waals surface area (Å²) in [6.45, 7) is 0. The predicted molar refractivity (Wildman–Crippen MR) is 98.1 cm³/mol. The van der Waals surface area contributed by atoms with Crippen LogP contribution in [0.25, 0.3) is 0 Å². The lowest BCUT2D eigenvalue weighted by Crippen LogP contribution is -2.18. The van der Waals surface area contributed by atoms with Crippen LogP contribution in [0.15, 0.2) is 44.4 Å². The molecule has 0 aliphatic heterocycles. The first kappa shape index (κ1) is 18.3. The van der Waals surface area contributed by atoms with Crippen molar-refractivity contribution in [3.8, 4) is 17.2 Å². The highest BCUT2D eigenvalue weighted by Gasteiger charge is 2.12. The summed E-state index contributed by atoms with van der Waals surface area (Å²) in [5.74, 6) is 0.527. The van der Waals surface area contributed by atoms with Gasteiger partial charge in [0.1, 0.15) is 17.2 Å². The van der Waals surface area contributed by atoms with Crippen LogP contribution in [-0.4, -0.2) is 31.4 Å². The molecular formula is C16H14Br2N2O4. The minimum Gasteiger partial charge on any atom is -0.506 e. The van der Waals surface area contributed by atoms with E-state index in [9.17, 15) is 9.90 Å². The van der Waals surface area contributed by atoms with E-state index in [1.54, 1.807) is 30.3 Å². The molecule has 8 heteroatoms. The average Bonchev–Trinajstić information content (AvgIpc) is 2.58. The number of halogens is 2. The minimum atomic E-state index is -0.439. The Morgan fingerprint density at radius 3 is 2.62 bits per heavy atom. The topological polar surface area (TPSA) is 80.2 Å². The summed E-state index contributed by atoms with van der Waals surface area (Å²) < 4.78 is 11.5. The molecule has 2 aromatic carbocycles. The third kappa shape index (κ3) is 4.27. The van der Waals surface area contributed by atoms with Gasteiger partial charge in [-0.1, -0.05) is 15.9 Å². The summed E-state index contributed by atoms with van der Waals surface area (Å²) in [4.78, 5) is 12.2. The SMILES string of the molecule is COc1cc(Br)c(O)c(/C=N\NC(=O)c2cc(Br)ccc2OC)c1. The van der Waals surface area contributed by atoms with Gasteiger partial charge >= 0.3 is 0 Å². The number of benzene rings is 2. The van der Waals surface area contributed by atoms with E-state index in [1.165, 1.54) is 20.4 Å². The van der Waals surface area contributed by atoms with Gasteiger partial charge in [-0.15, -0.1) is 0 Å². The molecule has 2 rings (SSSR count). The highest BCUT2D eigenvalue weighted by molar-refractivity contribution is 9.10. The fourth-order valence-corrected chi connectivity index (χ4v) is 2.70. The van der Waals surface area contributed by atoms with Crippen molar-refractivity contribution in [3.05, 3.63) is 50.4 Å². The maximum absolute atomic E-state index is 12.2. The van der Waals surface area contributed by atoms with Gasteiger partial charge in [-0.05, 0) is 46.3 Å². The number of phenols is 1. The molecule has 0 aliphatic rings. The normalized spacial score (nSPS) is 10.7. The van der Waals surface area contributed by atoms with Crippen LogP contribution in [0.3, 0.4) is 0 Å². The van der Waals surface area contributed by atoms with Crippen LogP contribution in [0.4, 0.5) is 0 Å². The second-order valence-corrected chi connectivity index (χ2v) is 6.36. The number of hydrogen-bond donors (Lipinski definition) is 2. The first-order chi connectivity index (χ1) is 11.5. The van der Waals surface area contributed by atoms with Crippen molar-refractivity contribution in [1.82, 2.24) is 5.43 Å². The van der Waals surface area contributed by atoms with Crippen LogP contribution in [0, 0.1) is 0 Å². The molecular weight excluding hydrogens is 444 g/mol. The molecule has 24 heavy (non-hydrogen) atoms. The maximum Gasteiger partial charge on any atom is 0.275 e. The molecule has 0 atom stereocenters. The van der Waals surface area contributed by atoms with Gasteiger partial charge in [0, 0.05) is 10.0 Å². The highest BCUT2D eigenvalue weighted by atomic mass is 79.9. The second kappa shape index (κ2) is 8.16. The van der Waals surface area contributed by atoms with Crippen molar-refractivity contribution < 1.29 is 19.4 Å².